The molecule has 12 atom stereocenters. The Morgan fingerprint density at radius 2 is 1.38 bits per heavy atom. The quantitative estimate of drug-likeness (QED) is 0.0437. The highest BCUT2D eigenvalue weighted by Gasteiger charge is 2.48. The van der Waals surface area contributed by atoms with Crippen molar-refractivity contribution >= 4 is 64.9 Å². The van der Waals surface area contributed by atoms with Crippen LogP contribution in [0.5, 0.6) is 0 Å². The van der Waals surface area contributed by atoms with Gasteiger partial charge in [-0.1, -0.05) is 80.9 Å². The number of carbonyl (C=O) groups is 10. The van der Waals surface area contributed by atoms with Crippen molar-refractivity contribution in [2.75, 3.05) is 73.4 Å². The summed E-state index contributed by atoms with van der Waals surface area (Å²) in [5.74, 6) is -6.99. The van der Waals surface area contributed by atoms with Crippen LogP contribution in [0.3, 0.4) is 0 Å². The van der Waals surface area contributed by atoms with Crippen LogP contribution >= 0.6 is 0 Å². The minimum Gasteiger partial charge on any atom is -0.379 e. The van der Waals surface area contributed by atoms with E-state index in [4.69, 9.17) is 20.9 Å². The van der Waals surface area contributed by atoms with Gasteiger partial charge in [-0.25, -0.2) is 4.79 Å². The number of nitrogens with two attached hydrogens (primary N) is 2. The van der Waals surface area contributed by atoms with Crippen LogP contribution in [0.15, 0.2) is 24.3 Å². The van der Waals surface area contributed by atoms with Gasteiger partial charge < -0.3 is 68.0 Å². The summed E-state index contributed by atoms with van der Waals surface area (Å²) in [6, 6.07) is -0.844. The number of nitrogens with zero attached hydrogens (tertiary/aromatic N) is 4. The molecular weight excluding hydrogens is 1180 g/mol. The van der Waals surface area contributed by atoms with Crippen molar-refractivity contribution in [1.29, 1.82) is 0 Å². The number of ether oxygens (including phenoxy) is 2. The molecule has 0 aliphatic carbocycles. The van der Waals surface area contributed by atoms with Crippen LogP contribution in [-0.4, -0.2) is 208 Å². The second kappa shape index (κ2) is 37.0. The molecule has 2 saturated heterocycles. The van der Waals surface area contributed by atoms with Gasteiger partial charge in [0, 0.05) is 58.9 Å². The monoisotopic (exact) mass is 1280 g/mol. The fourth-order valence-electron chi connectivity index (χ4n) is 12.1. The van der Waals surface area contributed by atoms with Crippen LogP contribution in [0.2, 0.25) is 0 Å². The lowest BCUT2D eigenvalue weighted by molar-refractivity contribution is -0.195. The average molecular weight is 1280 g/mol. The van der Waals surface area contributed by atoms with Gasteiger partial charge in [-0.2, -0.15) is 13.2 Å². The van der Waals surface area contributed by atoms with E-state index in [1.165, 1.54) is 19.1 Å². The Hall–Kier alpha value is -6.65. The van der Waals surface area contributed by atoms with E-state index in [2.05, 4.69) is 37.2 Å². The molecule has 1 aromatic carbocycles. The SMILES string of the molecule is CC[C@H](C)[C@@H]([C@@H](CC(=O)N1CCC[C@H]1[C@H](OC)[C@@H](C)C(=O)NCC(=O)NCc1ccc(NC(=O)[C@H](CCCNC(N)=O)NC(=O)[C@@H](NC(=O)CCCN2CCC(C(N)=O)CC2C(F)(F)F)C(C)C)cc1)OC)N(C)C(=O)[C@@H](NC(=O)[C@H](C(C)C)N(C)C)C(C)C. The predicted molar refractivity (Wildman–Crippen MR) is 333 cm³/mol. The zero-order valence-corrected chi connectivity index (χ0v) is 55.3. The van der Waals surface area contributed by atoms with Gasteiger partial charge in [0.25, 0.3) is 0 Å². The second-order valence-corrected chi connectivity index (χ2v) is 25.3. The molecule has 0 aromatic heterocycles. The minimum absolute atomic E-state index is 0.00696. The van der Waals surface area contributed by atoms with Crippen LogP contribution in [-0.2, 0) is 59.2 Å². The van der Waals surface area contributed by atoms with Gasteiger partial charge in [-0.05, 0) is 113 Å². The van der Waals surface area contributed by atoms with E-state index in [-0.39, 0.29) is 107 Å². The zero-order chi connectivity index (χ0) is 67.9. The number of anilines is 1. The highest BCUT2D eigenvalue weighted by molar-refractivity contribution is 5.98. The van der Waals surface area contributed by atoms with Crippen molar-refractivity contribution in [2.24, 2.45) is 47.0 Å². The second-order valence-electron chi connectivity index (χ2n) is 25.3. The Morgan fingerprint density at radius 3 is 1.92 bits per heavy atom. The number of carbonyl (C=O) groups excluding carboxylic acids is 10. The maximum atomic E-state index is 14.4. The number of urea groups is 1. The summed E-state index contributed by atoms with van der Waals surface area (Å²) in [6.07, 6.45) is -4.49. The number of nitrogens with one attached hydrogen (secondary N) is 7. The first-order valence-corrected chi connectivity index (χ1v) is 31.4. The lowest BCUT2D eigenvalue weighted by atomic mass is 9.89. The fourth-order valence-corrected chi connectivity index (χ4v) is 12.1. The highest BCUT2D eigenvalue weighted by Crippen LogP contribution is 2.35. The molecule has 0 bridgehead atoms. The maximum Gasteiger partial charge on any atom is 0.404 e. The van der Waals surface area contributed by atoms with Gasteiger partial charge in [-0.15, -0.1) is 0 Å². The summed E-state index contributed by atoms with van der Waals surface area (Å²) >= 11 is 0. The molecule has 3 rings (SSSR count). The minimum atomic E-state index is -4.61. The predicted octanol–water partition coefficient (Wildman–Crippen LogP) is 2.99. The molecule has 0 saturated carbocycles. The van der Waals surface area contributed by atoms with E-state index in [0.29, 0.717) is 37.1 Å². The zero-order valence-electron chi connectivity index (χ0n) is 55.3. The van der Waals surface area contributed by atoms with E-state index in [1.807, 2.05) is 60.5 Å². The Balaban J connectivity index is 1.60. The molecule has 11 N–H and O–H groups in total. The van der Waals surface area contributed by atoms with Gasteiger partial charge in [0.15, 0.2) is 0 Å². The summed E-state index contributed by atoms with van der Waals surface area (Å²) in [5.41, 5.74) is 11.5. The summed E-state index contributed by atoms with van der Waals surface area (Å²) in [5, 5.41) is 19.0. The first-order valence-electron chi connectivity index (χ1n) is 31.4. The molecule has 2 heterocycles. The van der Waals surface area contributed by atoms with Crippen molar-refractivity contribution in [3.05, 3.63) is 29.8 Å². The molecule has 0 radical (unpaired) electrons. The van der Waals surface area contributed by atoms with Crippen molar-refractivity contribution < 1.29 is 70.6 Å². The van der Waals surface area contributed by atoms with Crippen molar-refractivity contribution in [3.63, 3.8) is 0 Å². The number of rotatable bonds is 36. The Kier molecular flexibility index (Phi) is 31.9. The summed E-state index contributed by atoms with van der Waals surface area (Å²) in [4.78, 5) is 139. The Labute approximate surface area is 529 Å². The highest BCUT2D eigenvalue weighted by atomic mass is 19.4. The number of alkyl halides is 3. The smallest absolute Gasteiger partial charge is 0.379 e. The molecule has 510 valence electrons. The number of methoxy groups -OCH3 is 2. The number of hydrogen-bond acceptors (Lipinski definition) is 14. The van der Waals surface area contributed by atoms with E-state index in [0.717, 1.165) is 0 Å². The number of benzene rings is 1. The number of primary amides is 2. The van der Waals surface area contributed by atoms with Gasteiger partial charge >= 0.3 is 12.2 Å². The Morgan fingerprint density at radius 1 is 0.733 bits per heavy atom. The summed E-state index contributed by atoms with van der Waals surface area (Å²) in [6.45, 7) is 16.7. The number of likely N-dealkylation sites (tertiary alicyclic amines) is 2. The van der Waals surface area contributed by atoms with Gasteiger partial charge in [0.2, 0.25) is 53.2 Å². The summed E-state index contributed by atoms with van der Waals surface area (Å²) in [7, 11) is 8.32. The van der Waals surface area contributed by atoms with Crippen LogP contribution < -0.4 is 48.7 Å². The molecule has 2 aliphatic heterocycles. The van der Waals surface area contributed by atoms with E-state index in [1.54, 1.807) is 61.9 Å². The topological polar surface area (TPSA) is 338 Å². The third kappa shape index (κ3) is 23.5. The molecule has 28 heteroatoms. The molecule has 25 nitrogen and oxygen atoms in total. The average Bonchev–Trinajstić information content (AvgIpc) is 1.82. The van der Waals surface area contributed by atoms with Crippen LogP contribution in [0.1, 0.15) is 132 Å². The molecule has 2 fully saturated rings. The third-order valence-electron chi connectivity index (χ3n) is 17.3. The summed E-state index contributed by atoms with van der Waals surface area (Å²) < 4.78 is 53.6. The number of halogens is 3. The third-order valence-corrected chi connectivity index (χ3v) is 17.3. The molecule has 90 heavy (non-hydrogen) atoms. The van der Waals surface area contributed by atoms with Crippen LogP contribution in [0.4, 0.5) is 23.7 Å². The number of hydrogen-bond donors (Lipinski definition) is 9. The number of amides is 11. The fraction of sp³-hybridized carbons (Fsp3) is 0.742. The lowest BCUT2D eigenvalue weighted by Gasteiger charge is -2.41. The van der Waals surface area contributed by atoms with Gasteiger partial charge in [0.05, 0.1) is 49.2 Å². The lowest BCUT2D eigenvalue weighted by Crippen LogP contribution is -2.59. The normalized spacial score (nSPS) is 19.3. The Bertz CT molecular complexity index is 2540. The number of piperidine rings is 1. The van der Waals surface area contributed by atoms with Crippen molar-refractivity contribution in [2.45, 2.75) is 194 Å². The number of likely N-dealkylation sites (N-methyl/N-ethyl adjacent to an activating group) is 2. The van der Waals surface area contributed by atoms with Crippen molar-refractivity contribution in [3.8, 4) is 0 Å². The molecule has 0 spiro atoms. The molecule has 2 aliphatic rings. The van der Waals surface area contributed by atoms with Gasteiger partial charge in [0.1, 0.15) is 24.2 Å². The molecule has 11 amide bonds. The van der Waals surface area contributed by atoms with Crippen molar-refractivity contribution in [1.82, 2.24) is 51.5 Å². The van der Waals surface area contributed by atoms with Gasteiger partial charge in [-0.3, -0.25) is 53.0 Å². The van der Waals surface area contributed by atoms with Crippen LogP contribution in [0, 0.1) is 35.5 Å². The van der Waals surface area contributed by atoms with E-state index < -0.39 is 126 Å². The maximum absolute atomic E-state index is 14.4. The molecule has 1 aromatic rings. The first kappa shape index (κ1) is 77.6. The largest absolute Gasteiger partial charge is 0.404 e. The van der Waals surface area contributed by atoms with E-state index >= 15 is 0 Å². The van der Waals surface area contributed by atoms with E-state index in [9.17, 15) is 61.1 Å². The molecule has 2 unspecified atom stereocenters. The van der Waals surface area contributed by atoms with Crippen LogP contribution in [0.25, 0.3) is 0 Å². The first-order chi connectivity index (χ1) is 42.2. The standard InChI is InChI=1S/C62H104F3N13O12/c1-15-38(8)53(76(12)60(87)51(36(4)5)74-59(86)52(37(6)7)75(10)11)45(89-13)32-49(81)78-29-17-20-44(78)54(90-14)39(9)56(83)70-34-48(80)69-33-40-22-24-42(25-23-40)71-57(84)43(19-16-27-68-61(67)88)72-58(85)50(35(2)3)73-47(79)21-18-28-77-30-26-41(55(66)82)31-46(77)62(63,64)65/h22-25,35-39,41,43-46,50-54H,15-21,26-34H2,1-14H3,(H2,66,82)(H,69,80)(H,70,83)(H,71,84)(H,72,85)(H,73,79)(H,74,86)(H3,67,68,88)/t38-,39+,41?,43-,44-,45+,46?,50-,51-,52-,53-,54+/m0/s1. The molecular formula is C62H104F3N13O12.